The van der Waals surface area contributed by atoms with Crippen LogP contribution < -0.4 is 4.73 Å². The number of nitrogens with zero attached hydrogens (tertiary/aromatic N) is 2. The lowest BCUT2D eigenvalue weighted by molar-refractivity contribution is -0.593. The number of hydrogen-bond acceptors (Lipinski definition) is 1. The van der Waals surface area contributed by atoms with Gasteiger partial charge in [0.2, 0.25) is 5.69 Å². The minimum absolute atomic E-state index is 0.655. The average Bonchev–Trinajstić information content (AvgIpc) is 3.11. The van der Waals surface area contributed by atoms with Gasteiger partial charge in [0.1, 0.15) is 5.69 Å². The minimum Gasteiger partial charge on any atom is -0.618 e. The molecule has 0 spiro atoms. The second-order valence-electron chi connectivity index (χ2n) is 6.00. The van der Waals surface area contributed by atoms with Crippen molar-refractivity contribution in [3.8, 4) is 22.5 Å². The fraction of sp³-hybridized carbons (Fsp3) is 0.0455. The van der Waals surface area contributed by atoms with E-state index in [1.807, 2.05) is 66.9 Å². The maximum atomic E-state index is 12.4. The molecule has 0 N–H and O–H groups in total. The molecule has 122 valence electrons. The first kappa shape index (κ1) is 15.2. The molecule has 0 saturated heterocycles. The number of pyridine rings is 1. The van der Waals surface area contributed by atoms with Crippen molar-refractivity contribution in [3.05, 3.63) is 108 Å². The topological polar surface area (TPSA) is 31.9 Å². The highest BCUT2D eigenvalue weighted by Gasteiger charge is 2.15. The van der Waals surface area contributed by atoms with E-state index >= 15 is 0 Å². The quantitative estimate of drug-likeness (QED) is 0.401. The van der Waals surface area contributed by atoms with Crippen LogP contribution in [-0.2, 0) is 6.54 Å². The third-order valence-corrected chi connectivity index (χ3v) is 4.31. The predicted molar refractivity (Wildman–Crippen MR) is 99.8 cm³/mol. The number of aromatic nitrogens is 2. The Morgan fingerprint density at radius 3 is 2.24 bits per heavy atom. The van der Waals surface area contributed by atoms with Gasteiger partial charge in [-0.05, 0) is 28.8 Å². The molecule has 0 unspecified atom stereocenters. The summed E-state index contributed by atoms with van der Waals surface area (Å²) in [4.78, 5) is 0. The van der Waals surface area contributed by atoms with Crippen molar-refractivity contribution >= 4 is 0 Å². The highest BCUT2D eigenvalue weighted by Crippen LogP contribution is 2.24. The molecule has 0 aliphatic carbocycles. The molecule has 2 aromatic heterocycles. The van der Waals surface area contributed by atoms with Crippen molar-refractivity contribution < 1.29 is 4.73 Å². The molecule has 0 aliphatic heterocycles. The first-order chi connectivity index (χ1) is 12.3. The van der Waals surface area contributed by atoms with Gasteiger partial charge in [-0.3, -0.25) is 0 Å². The highest BCUT2D eigenvalue weighted by atomic mass is 16.5. The molecule has 0 aliphatic rings. The van der Waals surface area contributed by atoms with Crippen LogP contribution in [0.1, 0.15) is 5.56 Å². The Morgan fingerprint density at radius 1 is 0.760 bits per heavy atom. The molecule has 0 atom stereocenters. The fourth-order valence-corrected chi connectivity index (χ4v) is 3.05. The zero-order valence-corrected chi connectivity index (χ0v) is 13.7. The van der Waals surface area contributed by atoms with E-state index in [0.29, 0.717) is 5.69 Å². The summed E-state index contributed by atoms with van der Waals surface area (Å²) >= 11 is 0. The smallest absolute Gasteiger partial charge is 0.240 e. The summed E-state index contributed by atoms with van der Waals surface area (Å²) in [7, 11) is 0. The largest absolute Gasteiger partial charge is 0.618 e. The number of rotatable bonds is 4. The molecule has 0 fully saturated rings. The van der Waals surface area contributed by atoms with Crippen LogP contribution in [0.4, 0.5) is 0 Å². The highest BCUT2D eigenvalue weighted by molar-refractivity contribution is 5.67. The van der Waals surface area contributed by atoms with Gasteiger partial charge in [-0.15, -0.1) is 0 Å². The van der Waals surface area contributed by atoms with Gasteiger partial charge in [-0.2, -0.15) is 4.73 Å². The molecule has 2 heterocycles. The van der Waals surface area contributed by atoms with Crippen LogP contribution in [0.25, 0.3) is 22.5 Å². The summed E-state index contributed by atoms with van der Waals surface area (Å²) in [5.74, 6) is 0. The maximum absolute atomic E-state index is 12.4. The molecule has 3 nitrogen and oxygen atoms in total. The molecule has 0 saturated carbocycles. The van der Waals surface area contributed by atoms with E-state index in [0.717, 1.165) is 28.1 Å². The number of benzene rings is 2. The third kappa shape index (κ3) is 3.17. The molecule has 0 radical (unpaired) electrons. The first-order valence-electron chi connectivity index (χ1n) is 8.29. The van der Waals surface area contributed by atoms with Gasteiger partial charge in [-0.25, -0.2) is 0 Å². The van der Waals surface area contributed by atoms with Crippen molar-refractivity contribution in [2.45, 2.75) is 6.54 Å². The zero-order chi connectivity index (χ0) is 17.1. The van der Waals surface area contributed by atoms with Crippen molar-refractivity contribution in [1.29, 1.82) is 0 Å². The van der Waals surface area contributed by atoms with Crippen LogP contribution in [0.3, 0.4) is 0 Å². The summed E-state index contributed by atoms with van der Waals surface area (Å²) in [6.07, 6.45) is 3.59. The van der Waals surface area contributed by atoms with E-state index < -0.39 is 0 Å². The van der Waals surface area contributed by atoms with Crippen LogP contribution in [0, 0.1) is 5.21 Å². The Kier molecular flexibility index (Phi) is 4.05. The Labute approximate surface area is 147 Å². The van der Waals surface area contributed by atoms with Gasteiger partial charge < -0.3 is 9.77 Å². The van der Waals surface area contributed by atoms with E-state index in [2.05, 4.69) is 28.8 Å². The van der Waals surface area contributed by atoms with Crippen molar-refractivity contribution in [3.63, 3.8) is 0 Å². The minimum atomic E-state index is 0.655. The monoisotopic (exact) mass is 326 g/mol. The Hall–Kier alpha value is -3.33. The van der Waals surface area contributed by atoms with E-state index in [1.54, 1.807) is 6.20 Å². The summed E-state index contributed by atoms with van der Waals surface area (Å²) in [5.41, 5.74) is 4.91. The van der Waals surface area contributed by atoms with Crippen LogP contribution >= 0.6 is 0 Å². The third-order valence-electron chi connectivity index (χ3n) is 4.31. The molecule has 0 amide bonds. The number of hydrogen-bond donors (Lipinski definition) is 0. The van der Waals surface area contributed by atoms with E-state index in [1.165, 1.54) is 5.56 Å². The van der Waals surface area contributed by atoms with Crippen LogP contribution in [0.15, 0.2) is 97.3 Å². The molecule has 3 heteroatoms. The van der Waals surface area contributed by atoms with Crippen LogP contribution in [0.5, 0.6) is 0 Å². The predicted octanol–water partition coefficient (Wildman–Crippen LogP) is 4.50. The molecule has 2 aromatic carbocycles. The average molecular weight is 326 g/mol. The normalized spacial score (nSPS) is 10.7. The molecule has 4 rings (SSSR count). The molecule has 4 aromatic rings. The second kappa shape index (κ2) is 6.65. The van der Waals surface area contributed by atoms with Gasteiger partial charge >= 0.3 is 0 Å². The molecule has 25 heavy (non-hydrogen) atoms. The van der Waals surface area contributed by atoms with Crippen LogP contribution in [-0.4, -0.2) is 4.57 Å². The lowest BCUT2D eigenvalue weighted by atomic mass is 10.1. The van der Waals surface area contributed by atoms with E-state index in [9.17, 15) is 5.21 Å². The molecule has 0 bridgehead atoms. The van der Waals surface area contributed by atoms with E-state index in [4.69, 9.17) is 0 Å². The zero-order valence-electron chi connectivity index (χ0n) is 13.7. The molecular formula is C22H18N2O. The Bertz CT molecular complexity index is 975. The van der Waals surface area contributed by atoms with Gasteiger partial charge in [0.05, 0.1) is 0 Å². The second-order valence-corrected chi connectivity index (χ2v) is 6.00. The lowest BCUT2D eigenvalue weighted by Crippen LogP contribution is -2.29. The summed E-state index contributed by atoms with van der Waals surface area (Å²) in [5, 5.41) is 12.4. The standard InChI is InChI=1S/C22H18N2O/c25-24-15-13-20(19-10-5-2-6-11-19)16-22(24)21-12-7-14-23(21)17-18-8-3-1-4-9-18/h1-16H,17H2. The molecular weight excluding hydrogens is 308 g/mol. The van der Waals surface area contributed by atoms with Gasteiger partial charge in [0.25, 0.3) is 0 Å². The van der Waals surface area contributed by atoms with Crippen molar-refractivity contribution in [2.75, 3.05) is 0 Å². The Morgan fingerprint density at radius 2 is 1.48 bits per heavy atom. The van der Waals surface area contributed by atoms with Crippen molar-refractivity contribution in [2.24, 2.45) is 0 Å². The van der Waals surface area contributed by atoms with Gasteiger partial charge in [-0.1, -0.05) is 60.7 Å². The van der Waals surface area contributed by atoms with Gasteiger partial charge in [0.15, 0.2) is 6.20 Å². The fourth-order valence-electron chi connectivity index (χ4n) is 3.05. The first-order valence-corrected chi connectivity index (χ1v) is 8.29. The lowest BCUT2D eigenvalue weighted by Gasteiger charge is -2.11. The van der Waals surface area contributed by atoms with E-state index in [-0.39, 0.29) is 0 Å². The SMILES string of the molecule is [O-][n+]1ccc(-c2ccccc2)cc1-c1cccn1Cc1ccccc1. The summed E-state index contributed by atoms with van der Waals surface area (Å²) < 4.78 is 3.04. The van der Waals surface area contributed by atoms with Gasteiger partial charge in [0, 0.05) is 24.9 Å². The Balaban J connectivity index is 1.74. The maximum Gasteiger partial charge on any atom is 0.240 e. The summed E-state index contributed by atoms with van der Waals surface area (Å²) in [6.45, 7) is 0.735. The summed E-state index contributed by atoms with van der Waals surface area (Å²) in [6, 6.07) is 28.1. The van der Waals surface area contributed by atoms with Crippen LogP contribution in [0.2, 0.25) is 0 Å². The van der Waals surface area contributed by atoms with Crippen molar-refractivity contribution in [1.82, 2.24) is 4.57 Å².